The molecule has 0 bridgehead atoms. The lowest BCUT2D eigenvalue weighted by Gasteiger charge is -2.25. The third-order valence-electron chi connectivity index (χ3n) is 5.06. The summed E-state index contributed by atoms with van der Waals surface area (Å²) in [6.07, 6.45) is 0.643. The predicted octanol–water partition coefficient (Wildman–Crippen LogP) is 4.59. The molecule has 1 unspecified atom stereocenters. The van der Waals surface area contributed by atoms with Gasteiger partial charge in [-0.15, -0.1) is 0 Å². The maximum absolute atomic E-state index is 13.0. The van der Waals surface area contributed by atoms with Gasteiger partial charge in [-0.2, -0.15) is 0 Å². The van der Waals surface area contributed by atoms with Crippen LogP contribution >= 0.6 is 11.6 Å². The van der Waals surface area contributed by atoms with E-state index in [1.54, 1.807) is 48.5 Å². The maximum atomic E-state index is 13.0. The molecule has 3 rings (SSSR count). The fraction of sp³-hybridized carbons (Fsp3) is 0.333. The molecule has 7 heteroatoms. The lowest BCUT2D eigenvalue weighted by molar-refractivity contribution is -0.140. The van der Waals surface area contributed by atoms with Crippen LogP contribution < -0.4 is 4.74 Å². The number of aliphatic hydroxyl groups is 1. The second-order valence-electron chi connectivity index (χ2n) is 7.55. The van der Waals surface area contributed by atoms with Crippen molar-refractivity contribution in [2.45, 2.75) is 32.4 Å². The minimum absolute atomic E-state index is 0.0466. The Balaban J connectivity index is 2.03. The van der Waals surface area contributed by atoms with E-state index >= 15 is 0 Å². The number of methoxy groups -OCH3 is 1. The summed E-state index contributed by atoms with van der Waals surface area (Å²) in [5.41, 5.74) is 1.14. The van der Waals surface area contributed by atoms with Crippen molar-refractivity contribution in [2.24, 2.45) is 0 Å². The first-order chi connectivity index (χ1) is 14.8. The topological polar surface area (TPSA) is 76.1 Å². The van der Waals surface area contributed by atoms with E-state index in [-0.39, 0.29) is 17.4 Å². The number of amides is 1. The number of ketones is 1. The van der Waals surface area contributed by atoms with Crippen molar-refractivity contribution < 1.29 is 24.2 Å². The molecule has 1 N–H and O–H groups in total. The van der Waals surface area contributed by atoms with Crippen molar-refractivity contribution in [1.29, 1.82) is 0 Å². The molecular formula is C24H26ClNO5. The molecule has 1 amide bonds. The average Bonchev–Trinajstić information content (AvgIpc) is 3.01. The number of Topliss-reactive ketones (excluding diaryl/α,β-unsaturated/α-hetero) is 1. The highest BCUT2D eigenvalue weighted by Gasteiger charge is 2.45. The van der Waals surface area contributed by atoms with Crippen molar-refractivity contribution in [3.63, 3.8) is 0 Å². The van der Waals surface area contributed by atoms with Crippen LogP contribution in [0.2, 0.25) is 5.02 Å². The van der Waals surface area contributed by atoms with Gasteiger partial charge in [-0.05, 0) is 50.1 Å². The molecule has 0 spiro atoms. The Morgan fingerprint density at radius 1 is 1.16 bits per heavy atom. The van der Waals surface area contributed by atoms with Gasteiger partial charge in [0.2, 0.25) is 0 Å². The van der Waals surface area contributed by atoms with Crippen LogP contribution in [-0.2, 0) is 14.3 Å². The molecule has 1 aliphatic rings. The quantitative estimate of drug-likeness (QED) is 0.279. The van der Waals surface area contributed by atoms with Gasteiger partial charge in [0.15, 0.2) is 0 Å². The number of aliphatic hydroxyl groups excluding tert-OH is 1. The van der Waals surface area contributed by atoms with Gasteiger partial charge in [-0.25, -0.2) is 0 Å². The molecule has 0 aromatic heterocycles. The van der Waals surface area contributed by atoms with Crippen LogP contribution in [0, 0.1) is 0 Å². The van der Waals surface area contributed by atoms with E-state index < -0.39 is 17.7 Å². The van der Waals surface area contributed by atoms with E-state index in [1.807, 2.05) is 13.8 Å². The molecule has 0 aliphatic carbocycles. The Kier molecular flexibility index (Phi) is 7.36. The smallest absolute Gasteiger partial charge is 0.295 e. The lowest BCUT2D eigenvalue weighted by Crippen LogP contribution is -2.31. The van der Waals surface area contributed by atoms with Crippen molar-refractivity contribution in [3.8, 4) is 5.75 Å². The highest BCUT2D eigenvalue weighted by atomic mass is 35.5. The van der Waals surface area contributed by atoms with E-state index in [1.165, 1.54) is 12.0 Å². The second kappa shape index (κ2) is 9.98. The van der Waals surface area contributed by atoms with E-state index in [4.69, 9.17) is 21.1 Å². The SMILES string of the molecule is COc1cccc(/C(O)=C2\C(=O)C(=O)N(CCCOC(C)C)C2c2ccc(Cl)cc2)c1. The number of hydrogen-bond donors (Lipinski definition) is 1. The summed E-state index contributed by atoms with van der Waals surface area (Å²) in [5, 5.41) is 11.6. The normalized spacial score (nSPS) is 18.1. The van der Waals surface area contributed by atoms with Crippen LogP contribution in [0.5, 0.6) is 5.75 Å². The molecular weight excluding hydrogens is 418 g/mol. The van der Waals surface area contributed by atoms with Crippen molar-refractivity contribution in [3.05, 3.63) is 70.3 Å². The van der Waals surface area contributed by atoms with Crippen LogP contribution in [0.1, 0.15) is 37.4 Å². The minimum atomic E-state index is -0.720. The summed E-state index contributed by atoms with van der Waals surface area (Å²) < 4.78 is 10.8. The highest BCUT2D eigenvalue weighted by Crippen LogP contribution is 2.40. The number of benzene rings is 2. The first-order valence-electron chi connectivity index (χ1n) is 10.1. The summed E-state index contributed by atoms with van der Waals surface area (Å²) in [6, 6.07) is 12.9. The van der Waals surface area contributed by atoms with Gasteiger partial charge < -0.3 is 19.5 Å². The largest absolute Gasteiger partial charge is 0.507 e. The Bertz CT molecular complexity index is 984. The molecule has 31 heavy (non-hydrogen) atoms. The summed E-state index contributed by atoms with van der Waals surface area (Å²) in [4.78, 5) is 27.4. The van der Waals surface area contributed by atoms with Crippen LogP contribution in [0.25, 0.3) is 5.76 Å². The monoisotopic (exact) mass is 443 g/mol. The van der Waals surface area contributed by atoms with E-state index in [0.29, 0.717) is 41.5 Å². The second-order valence-corrected chi connectivity index (χ2v) is 7.99. The number of rotatable bonds is 8. The van der Waals surface area contributed by atoms with Crippen molar-refractivity contribution >= 4 is 29.1 Å². The minimum Gasteiger partial charge on any atom is -0.507 e. The Morgan fingerprint density at radius 2 is 1.87 bits per heavy atom. The molecule has 1 saturated heterocycles. The number of hydrogen-bond acceptors (Lipinski definition) is 5. The zero-order valence-corrected chi connectivity index (χ0v) is 18.6. The molecule has 1 fully saturated rings. The Morgan fingerprint density at radius 3 is 2.52 bits per heavy atom. The third kappa shape index (κ3) is 5.09. The van der Waals surface area contributed by atoms with Crippen molar-refractivity contribution in [2.75, 3.05) is 20.3 Å². The zero-order chi connectivity index (χ0) is 22.5. The summed E-state index contributed by atoms with van der Waals surface area (Å²) in [5.74, 6) is -1.07. The highest BCUT2D eigenvalue weighted by molar-refractivity contribution is 6.46. The van der Waals surface area contributed by atoms with Crippen molar-refractivity contribution in [1.82, 2.24) is 4.90 Å². The van der Waals surface area contributed by atoms with Crippen LogP contribution in [0.15, 0.2) is 54.1 Å². The van der Waals surface area contributed by atoms with Gasteiger partial charge in [0.25, 0.3) is 11.7 Å². The van der Waals surface area contributed by atoms with Gasteiger partial charge in [0, 0.05) is 23.7 Å². The standard InChI is InChI=1S/C24H26ClNO5/c1-15(2)31-13-5-12-26-21(16-8-10-18(25)11-9-16)20(23(28)24(26)29)22(27)17-6-4-7-19(14-17)30-3/h4,6-11,14-15,21,27H,5,12-13H2,1-3H3/b22-20+. The number of nitrogens with zero attached hydrogens (tertiary/aromatic N) is 1. The fourth-order valence-electron chi connectivity index (χ4n) is 3.58. The third-order valence-corrected chi connectivity index (χ3v) is 5.32. The van der Waals surface area contributed by atoms with E-state index in [2.05, 4.69) is 0 Å². The van der Waals surface area contributed by atoms with Crippen LogP contribution in [-0.4, -0.2) is 48.1 Å². The molecule has 164 valence electrons. The number of ether oxygens (including phenoxy) is 2. The predicted molar refractivity (Wildman–Crippen MR) is 119 cm³/mol. The van der Waals surface area contributed by atoms with Crippen LogP contribution in [0.4, 0.5) is 0 Å². The first-order valence-corrected chi connectivity index (χ1v) is 10.5. The lowest BCUT2D eigenvalue weighted by atomic mass is 9.95. The molecule has 0 radical (unpaired) electrons. The van der Waals surface area contributed by atoms with E-state index in [9.17, 15) is 14.7 Å². The van der Waals surface area contributed by atoms with Gasteiger partial charge >= 0.3 is 0 Å². The molecule has 6 nitrogen and oxygen atoms in total. The molecule has 1 atom stereocenters. The fourth-order valence-corrected chi connectivity index (χ4v) is 3.71. The Labute approximate surface area is 187 Å². The number of carbonyl (C=O) groups excluding carboxylic acids is 2. The molecule has 1 aliphatic heterocycles. The maximum Gasteiger partial charge on any atom is 0.295 e. The molecule has 1 heterocycles. The summed E-state index contributed by atoms with van der Waals surface area (Å²) >= 11 is 6.03. The van der Waals surface area contributed by atoms with E-state index in [0.717, 1.165) is 0 Å². The zero-order valence-electron chi connectivity index (χ0n) is 17.8. The number of halogens is 1. The van der Waals surface area contributed by atoms with Crippen LogP contribution in [0.3, 0.4) is 0 Å². The molecule has 0 saturated carbocycles. The first kappa shape index (κ1) is 22.8. The number of carbonyl (C=O) groups is 2. The molecule has 2 aromatic carbocycles. The average molecular weight is 444 g/mol. The van der Waals surface area contributed by atoms with Gasteiger partial charge in [-0.1, -0.05) is 35.9 Å². The Hall–Kier alpha value is -2.83. The van der Waals surface area contributed by atoms with Gasteiger partial charge in [-0.3, -0.25) is 9.59 Å². The summed E-state index contributed by atoms with van der Waals surface area (Å²) in [6.45, 7) is 4.66. The van der Waals surface area contributed by atoms with Gasteiger partial charge in [0.1, 0.15) is 11.5 Å². The molecule has 2 aromatic rings. The summed E-state index contributed by atoms with van der Waals surface area (Å²) in [7, 11) is 1.52. The van der Waals surface area contributed by atoms with Gasteiger partial charge in [0.05, 0.1) is 24.8 Å². The number of likely N-dealkylation sites (tertiary alicyclic amines) is 1.